The first kappa shape index (κ1) is 20.9. The van der Waals surface area contributed by atoms with Crippen LogP contribution in [0.15, 0.2) is 24.5 Å². The third kappa shape index (κ3) is 5.59. The van der Waals surface area contributed by atoms with Crippen molar-refractivity contribution in [2.24, 2.45) is 0 Å². The van der Waals surface area contributed by atoms with E-state index in [0.29, 0.717) is 12.5 Å². The van der Waals surface area contributed by atoms with E-state index >= 15 is 0 Å². The molecule has 7 heteroatoms. The number of ether oxygens (including phenoxy) is 1. The van der Waals surface area contributed by atoms with Crippen molar-refractivity contribution in [1.82, 2.24) is 19.8 Å². The van der Waals surface area contributed by atoms with E-state index in [1.54, 1.807) is 12.4 Å². The molecule has 6 nitrogen and oxygen atoms in total. The van der Waals surface area contributed by atoms with Gasteiger partial charge in [-0.25, -0.2) is 4.98 Å². The maximum atomic E-state index is 13.3. The van der Waals surface area contributed by atoms with Crippen LogP contribution in [0.5, 0.6) is 0 Å². The number of carbonyl (C=O) groups is 1. The molecule has 2 aromatic rings. The maximum absolute atomic E-state index is 13.3. The Kier molecular flexibility index (Phi) is 7.53. The van der Waals surface area contributed by atoms with Gasteiger partial charge in [0.25, 0.3) is 5.91 Å². The van der Waals surface area contributed by atoms with Crippen LogP contribution >= 0.6 is 11.3 Å². The minimum atomic E-state index is 0.0840. The first-order valence-electron chi connectivity index (χ1n) is 10.00. The zero-order chi connectivity index (χ0) is 19.9. The number of pyridine rings is 1. The molecule has 0 bridgehead atoms. The normalized spacial score (nSPS) is 15.1. The van der Waals surface area contributed by atoms with E-state index in [4.69, 9.17) is 4.74 Å². The number of carbonyl (C=O) groups excluding carboxylic acids is 1. The fourth-order valence-corrected chi connectivity index (χ4v) is 4.31. The van der Waals surface area contributed by atoms with Crippen molar-refractivity contribution in [2.45, 2.75) is 39.7 Å². The molecular weight excluding hydrogens is 372 g/mol. The molecule has 3 rings (SSSR count). The van der Waals surface area contributed by atoms with Crippen molar-refractivity contribution in [1.29, 1.82) is 0 Å². The Bertz CT molecular complexity index is 757. The number of aryl methyl sites for hydroxylation is 1. The standard InChI is InChI=1S/C21H30N4O2S/c1-16(2)20-23-17(3)19(28-20)21(26)25(15-18-5-7-22-8-6-18)10-4-9-24-11-13-27-14-12-24/h5-8,16H,4,9-15H2,1-3H3. The molecule has 1 aliphatic rings. The minimum absolute atomic E-state index is 0.0840. The highest BCUT2D eigenvalue weighted by atomic mass is 32.1. The fraction of sp³-hybridized carbons (Fsp3) is 0.571. The lowest BCUT2D eigenvalue weighted by atomic mass is 10.2. The van der Waals surface area contributed by atoms with E-state index in [-0.39, 0.29) is 5.91 Å². The Balaban J connectivity index is 1.70. The molecule has 3 heterocycles. The van der Waals surface area contributed by atoms with Crippen LogP contribution < -0.4 is 0 Å². The van der Waals surface area contributed by atoms with Gasteiger partial charge in [0, 0.05) is 51.0 Å². The van der Waals surface area contributed by atoms with E-state index in [0.717, 1.165) is 67.0 Å². The zero-order valence-corrected chi connectivity index (χ0v) is 17.9. The molecule has 0 aliphatic carbocycles. The summed E-state index contributed by atoms with van der Waals surface area (Å²) in [5.74, 6) is 0.418. The van der Waals surface area contributed by atoms with Crippen LogP contribution in [0, 0.1) is 6.92 Å². The summed E-state index contributed by atoms with van der Waals surface area (Å²) < 4.78 is 5.42. The average molecular weight is 403 g/mol. The number of hydrogen-bond donors (Lipinski definition) is 0. The van der Waals surface area contributed by atoms with Crippen molar-refractivity contribution in [2.75, 3.05) is 39.4 Å². The van der Waals surface area contributed by atoms with Crippen molar-refractivity contribution in [3.63, 3.8) is 0 Å². The predicted octanol–water partition coefficient (Wildman–Crippen LogP) is 3.33. The second-order valence-electron chi connectivity index (χ2n) is 7.51. The Hall–Kier alpha value is -1.83. The van der Waals surface area contributed by atoms with Gasteiger partial charge in [0.15, 0.2) is 0 Å². The first-order valence-corrected chi connectivity index (χ1v) is 10.8. The summed E-state index contributed by atoms with van der Waals surface area (Å²) in [5, 5.41) is 1.03. The summed E-state index contributed by atoms with van der Waals surface area (Å²) in [6.07, 6.45) is 4.51. The van der Waals surface area contributed by atoms with Gasteiger partial charge in [-0.3, -0.25) is 14.7 Å². The van der Waals surface area contributed by atoms with E-state index < -0.39 is 0 Å². The van der Waals surface area contributed by atoms with Crippen molar-refractivity contribution in [3.05, 3.63) is 45.7 Å². The Labute approximate surface area is 171 Å². The van der Waals surface area contributed by atoms with E-state index in [9.17, 15) is 4.79 Å². The summed E-state index contributed by atoms with van der Waals surface area (Å²) in [7, 11) is 0. The monoisotopic (exact) mass is 402 g/mol. The molecule has 28 heavy (non-hydrogen) atoms. The summed E-state index contributed by atoms with van der Waals surface area (Å²) in [6, 6.07) is 3.95. The predicted molar refractivity (Wildman–Crippen MR) is 112 cm³/mol. The fourth-order valence-electron chi connectivity index (χ4n) is 3.28. The van der Waals surface area contributed by atoms with Crippen LogP contribution in [0.3, 0.4) is 0 Å². The number of amides is 1. The zero-order valence-electron chi connectivity index (χ0n) is 17.1. The van der Waals surface area contributed by atoms with Gasteiger partial charge in [-0.1, -0.05) is 13.8 Å². The molecule has 1 aliphatic heterocycles. The van der Waals surface area contributed by atoms with E-state index in [1.807, 2.05) is 24.0 Å². The van der Waals surface area contributed by atoms with Crippen molar-refractivity contribution >= 4 is 17.2 Å². The highest BCUT2D eigenvalue weighted by Crippen LogP contribution is 2.26. The SMILES string of the molecule is Cc1nc(C(C)C)sc1C(=O)N(CCCN1CCOCC1)Cc1ccncc1. The van der Waals surface area contributed by atoms with Crippen LogP contribution in [0.4, 0.5) is 0 Å². The van der Waals surface area contributed by atoms with Crippen LogP contribution in [0.25, 0.3) is 0 Å². The molecule has 0 radical (unpaired) electrons. The van der Waals surface area contributed by atoms with Crippen molar-refractivity contribution < 1.29 is 9.53 Å². The number of aromatic nitrogens is 2. The van der Waals surface area contributed by atoms with E-state index in [1.165, 1.54) is 11.3 Å². The smallest absolute Gasteiger partial charge is 0.266 e. The first-order chi connectivity index (χ1) is 13.5. The molecule has 0 spiro atoms. The van der Waals surface area contributed by atoms with Gasteiger partial charge >= 0.3 is 0 Å². The van der Waals surface area contributed by atoms with Crippen LogP contribution in [-0.2, 0) is 11.3 Å². The Morgan fingerprint density at radius 1 is 1.29 bits per heavy atom. The lowest BCUT2D eigenvalue weighted by Crippen LogP contribution is -2.39. The third-order valence-electron chi connectivity index (χ3n) is 4.92. The van der Waals surface area contributed by atoms with Crippen LogP contribution in [0.2, 0.25) is 0 Å². The number of rotatable bonds is 8. The second-order valence-corrected chi connectivity index (χ2v) is 8.54. The third-order valence-corrected chi connectivity index (χ3v) is 6.36. The highest BCUT2D eigenvalue weighted by Gasteiger charge is 2.23. The number of nitrogens with zero attached hydrogens (tertiary/aromatic N) is 4. The summed E-state index contributed by atoms with van der Waals surface area (Å²) in [5.41, 5.74) is 1.94. The molecule has 0 N–H and O–H groups in total. The topological polar surface area (TPSA) is 58.6 Å². The molecule has 1 fully saturated rings. The molecular formula is C21H30N4O2S. The Morgan fingerprint density at radius 3 is 2.64 bits per heavy atom. The molecule has 152 valence electrons. The second kappa shape index (κ2) is 10.1. The molecule has 0 atom stereocenters. The number of thiazole rings is 1. The lowest BCUT2D eigenvalue weighted by Gasteiger charge is -2.28. The largest absolute Gasteiger partial charge is 0.379 e. The van der Waals surface area contributed by atoms with E-state index in [2.05, 4.69) is 28.7 Å². The van der Waals surface area contributed by atoms with Gasteiger partial charge < -0.3 is 9.64 Å². The lowest BCUT2D eigenvalue weighted by molar-refractivity contribution is 0.0356. The van der Waals surface area contributed by atoms with Crippen LogP contribution in [-0.4, -0.2) is 65.1 Å². The average Bonchev–Trinajstić information content (AvgIpc) is 3.10. The number of hydrogen-bond acceptors (Lipinski definition) is 6. The summed E-state index contributed by atoms with van der Waals surface area (Å²) in [6.45, 7) is 12.0. The van der Waals surface area contributed by atoms with Gasteiger partial charge in [-0.2, -0.15) is 0 Å². The van der Waals surface area contributed by atoms with Gasteiger partial charge in [0.05, 0.1) is 23.9 Å². The molecule has 0 aromatic carbocycles. The van der Waals surface area contributed by atoms with Crippen LogP contribution in [0.1, 0.15) is 52.1 Å². The molecule has 0 unspecified atom stereocenters. The summed E-state index contributed by atoms with van der Waals surface area (Å²) in [4.78, 5) is 27.2. The highest BCUT2D eigenvalue weighted by molar-refractivity contribution is 7.13. The van der Waals surface area contributed by atoms with Gasteiger partial charge in [-0.05, 0) is 31.0 Å². The maximum Gasteiger partial charge on any atom is 0.266 e. The van der Waals surface area contributed by atoms with Crippen molar-refractivity contribution in [3.8, 4) is 0 Å². The van der Waals surface area contributed by atoms with Gasteiger partial charge in [-0.15, -0.1) is 11.3 Å². The van der Waals surface area contributed by atoms with Gasteiger partial charge in [0.1, 0.15) is 4.88 Å². The molecule has 2 aromatic heterocycles. The Morgan fingerprint density at radius 2 is 2.00 bits per heavy atom. The molecule has 1 saturated heterocycles. The molecule has 1 amide bonds. The van der Waals surface area contributed by atoms with Gasteiger partial charge in [0.2, 0.25) is 0 Å². The minimum Gasteiger partial charge on any atom is -0.379 e. The molecule has 0 saturated carbocycles. The quantitative estimate of drug-likeness (QED) is 0.678. The number of morpholine rings is 1. The summed E-state index contributed by atoms with van der Waals surface area (Å²) >= 11 is 1.53.